The monoisotopic (exact) mass is 402 g/mol. The van der Waals surface area contributed by atoms with Gasteiger partial charge in [-0.25, -0.2) is 9.07 Å². The van der Waals surface area contributed by atoms with Crippen molar-refractivity contribution in [3.8, 4) is 11.5 Å². The van der Waals surface area contributed by atoms with E-state index in [0.717, 1.165) is 5.56 Å². The highest BCUT2D eigenvalue weighted by molar-refractivity contribution is 6.32. The number of hydrogen-bond acceptors (Lipinski definition) is 5. The van der Waals surface area contributed by atoms with Crippen molar-refractivity contribution in [3.05, 3.63) is 64.7 Å². The predicted molar refractivity (Wildman–Crippen MR) is 100 cm³/mol. The van der Waals surface area contributed by atoms with Gasteiger partial charge in [0.2, 0.25) is 11.9 Å². The molecule has 0 unspecified atom stereocenters. The first-order valence-corrected chi connectivity index (χ1v) is 8.87. The second kappa shape index (κ2) is 7.47. The number of methoxy groups -OCH3 is 1. The summed E-state index contributed by atoms with van der Waals surface area (Å²) in [6.45, 7) is 0.00115. The lowest BCUT2D eigenvalue weighted by molar-refractivity contribution is -0.117. The molecule has 28 heavy (non-hydrogen) atoms. The molecule has 2 heterocycles. The van der Waals surface area contributed by atoms with Crippen molar-refractivity contribution in [2.24, 2.45) is 0 Å². The summed E-state index contributed by atoms with van der Waals surface area (Å²) in [6.07, 6.45) is 1.56. The molecule has 0 bridgehead atoms. The van der Waals surface area contributed by atoms with Crippen molar-refractivity contribution in [3.63, 3.8) is 0 Å². The van der Waals surface area contributed by atoms with Crippen LogP contribution in [0.5, 0.6) is 11.5 Å². The van der Waals surface area contributed by atoms with E-state index in [-0.39, 0.29) is 30.8 Å². The van der Waals surface area contributed by atoms with Crippen molar-refractivity contribution < 1.29 is 18.7 Å². The predicted octanol–water partition coefficient (Wildman–Crippen LogP) is 3.59. The number of carbonyl (C=O) groups is 1. The summed E-state index contributed by atoms with van der Waals surface area (Å²) >= 11 is 6.43. The van der Waals surface area contributed by atoms with E-state index in [9.17, 15) is 9.18 Å². The first-order chi connectivity index (χ1) is 13.6. The SMILES string of the molecule is COc1cc([C@@H]2CC(=O)Nc3ncnn32)cc(Cl)c1OCc1ccccc1F. The van der Waals surface area contributed by atoms with Crippen molar-refractivity contribution in [2.45, 2.75) is 19.1 Å². The van der Waals surface area contributed by atoms with Gasteiger partial charge in [0, 0.05) is 5.56 Å². The zero-order valence-corrected chi connectivity index (χ0v) is 15.6. The maximum Gasteiger partial charge on any atom is 0.229 e. The fourth-order valence-electron chi connectivity index (χ4n) is 3.10. The third kappa shape index (κ3) is 3.38. The van der Waals surface area contributed by atoms with E-state index >= 15 is 0 Å². The van der Waals surface area contributed by atoms with Crippen LogP contribution in [0.15, 0.2) is 42.7 Å². The van der Waals surface area contributed by atoms with Crippen LogP contribution in [0.4, 0.5) is 10.3 Å². The summed E-state index contributed by atoms with van der Waals surface area (Å²) in [5, 5.41) is 7.13. The maximum absolute atomic E-state index is 13.8. The number of halogens is 2. The Morgan fingerprint density at radius 3 is 2.96 bits per heavy atom. The molecule has 0 spiro atoms. The first kappa shape index (κ1) is 18.2. The fraction of sp³-hybridized carbons (Fsp3) is 0.211. The van der Waals surface area contributed by atoms with E-state index < -0.39 is 0 Å². The molecule has 1 N–H and O–H groups in total. The lowest BCUT2D eigenvalue weighted by atomic mass is 10.0. The molecule has 0 aliphatic carbocycles. The third-order valence-corrected chi connectivity index (χ3v) is 4.75. The van der Waals surface area contributed by atoms with E-state index in [4.69, 9.17) is 21.1 Å². The third-order valence-electron chi connectivity index (χ3n) is 4.46. The topological polar surface area (TPSA) is 78.3 Å². The Labute approximate surface area is 165 Å². The van der Waals surface area contributed by atoms with Crippen LogP contribution >= 0.6 is 11.6 Å². The molecule has 1 atom stereocenters. The normalized spacial score (nSPS) is 15.7. The largest absolute Gasteiger partial charge is 0.493 e. The number of hydrogen-bond donors (Lipinski definition) is 1. The van der Waals surface area contributed by atoms with Crippen LogP contribution in [0.1, 0.15) is 23.6 Å². The van der Waals surface area contributed by atoms with Crippen LogP contribution in [0, 0.1) is 5.82 Å². The average Bonchev–Trinajstić information content (AvgIpc) is 3.15. The first-order valence-electron chi connectivity index (χ1n) is 8.50. The highest BCUT2D eigenvalue weighted by Gasteiger charge is 2.29. The van der Waals surface area contributed by atoms with Gasteiger partial charge in [-0.3, -0.25) is 10.1 Å². The van der Waals surface area contributed by atoms with E-state index in [1.54, 1.807) is 35.0 Å². The van der Waals surface area contributed by atoms with Crippen LogP contribution in [0.25, 0.3) is 0 Å². The maximum atomic E-state index is 13.8. The summed E-state index contributed by atoms with van der Waals surface area (Å²) in [6, 6.07) is 9.39. The molecular formula is C19H16ClFN4O3. The second-order valence-electron chi connectivity index (χ2n) is 6.21. The van der Waals surface area contributed by atoms with Crippen LogP contribution in [-0.4, -0.2) is 27.8 Å². The molecule has 3 aromatic rings. The number of fused-ring (bicyclic) bond motifs is 1. The van der Waals surface area contributed by atoms with Crippen molar-refractivity contribution in [1.82, 2.24) is 14.8 Å². The lowest BCUT2D eigenvalue weighted by Gasteiger charge is -2.24. The highest BCUT2D eigenvalue weighted by atomic mass is 35.5. The van der Waals surface area contributed by atoms with E-state index in [2.05, 4.69) is 15.4 Å². The van der Waals surface area contributed by atoms with Gasteiger partial charge in [0.25, 0.3) is 0 Å². The Hall–Kier alpha value is -3.13. The van der Waals surface area contributed by atoms with Gasteiger partial charge in [-0.05, 0) is 23.8 Å². The van der Waals surface area contributed by atoms with Crippen molar-refractivity contribution in [1.29, 1.82) is 0 Å². The Morgan fingerprint density at radius 1 is 1.36 bits per heavy atom. The van der Waals surface area contributed by atoms with Crippen molar-refractivity contribution in [2.75, 3.05) is 12.4 Å². The molecule has 0 saturated heterocycles. The molecule has 1 aliphatic rings. The van der Waals surface area contributed by atoms with Gasteiger partial charge in [-0.2, -0.15) is 10.1 Å². The average molecular weight is 403 g/mol. The molecule has 0 fully saturated rings. The van der Waals surface area contributed by atoms with Gasteiger partial charge in [0.05, 0.1) is 24.6 Å². The molecule has 2 aromatic carbocycles. The Morgan fingerprint density at radius 2 is 2.18 bits per heavy atom. The van der Waals surface area contributed by atoms with Gasteiger partial charge < -0.3 is 9.47 Å². The summed E-state index contributed by atoms with van der Waals surface area (Å²) in [7, 11) is 1.49. The van der Waals surface area contributed by atoms with Crippen LogP contribution in [-0.2, 0) is 11.4 Å². The quantitative estimate of drug-likeness (QED) is 0.705. The number of ether oxygens (including phenoxy) is 2. The van der Waals surface area contributed by atoms with Gasteiger partial charge in [0.15, 0.2) is 11.5 Å². The molecule has 7 nitrogen and oxygen atoms in total. The number of anilines is 1. The molecule has 1 aromatic heterocycles. The number of rotatable bonds is 5. The van der Waals surface area contributed by atoms with E-state index in [0.29, 0.717) is 28.0 Å². The van der Waals surface area contributed by atoms with Crippen LogP contribution < -0.4 is 14.8 Å². The second-order valence-corrected chi connectivity index (χ2v) is 6.62. The van der Waals surface area contributed by atoms with E-state index in [1.807, 2.05) is 0 Å². The number of amides is 1. The molecule has 0 radical (unpaired) electrons. The smallest absolute Gasteiger partial charge is 0.229 e. The standard InChI is InChI=1S/C19H16ClFN4O3/c1-27-16-7-12(15-8-17(26)24-19-22-10-23-25(15)19)6-13(20)18(16)28-9-11-4-2-3-5-14(11)21/h2-7,10,15H,8-9H2,1H3,(H,22,23,24,26)/t15-/m0/s1. The van der Waals surface area contributed by atoms with Crippen molar-refractivity contribution >= 4 is 23.5 Å². The number of benzene rings is 2. The number of nitrogens with one attached hydrogen (secondary N) is 1. The molecular weight excluding hydrogens is 387 g/mol. The minimum absolute atomic E-state index is 0.00115. The fourth-order valence-corrected chi connectivity index (χ4v) is 3.38. The minimum Gasteiger partial charge on any atom is -0.493 e. The van der Waals surface area contributed by atoms with Gasteiger partial charge in [0.1, 0.15) is 18.8 Å². The summed E-state index contributed by atoms with van der Waals surface area (Å²) in [5.74, 6) is 0.527. The zero-order chi connectivity index (χ0) is 19.7. The molecule has 0 saturated carbocycles. The molecule has 144 valence electrons. The lowest BCUT2D eigenvalue weighted by Crippen LogP contribution is -2.29. The van der Waals surface area contributed by atoms with Crippen LogP contribution in [0.2, 0.25) is 5.02 Å². The zero-order valence-electron chi connectivity index (χ0n) is 14.9. The number of nitrogens with zero attached hydrogens (tertiary/aromatic N) is 3. The highest BCUT2D eigenvalue weighted by Crippen LogP contribution is 2.40. The summed E-state index contributed by atoms with van der Waals surface area (Å²) in [5.41, 5.74) is 1.13. The van der Waals surface area contributed by atoms with E-state index in [1.165, 1.54) is 19.5 Å². The summed E-state index contributed by atoms with van der Waals surface area (Å²) in [4.78, 5) is 16.0. The minimum atomic E-state index is -0.377. The molecule has 4 rings (SSSR count). The van der Waals surface area contributed by atoms with Gasteiger partial charge in [-0.15, -0.1) is 0 Å². The number of aromatic nitrogens is 3. The van der Waals surface area contributed by atoms with Gasteiger partial charge in [-0.1, -0.05) is 29.8 Å². The Bertz CT molecular complexity index is 1040. The summed E-state index contributed by atoms with van der Waals surface area (Å²) < 4.78 is 26.6. The Balaban J connectivity index is 1.65. The number of carbonyl (C=O) groups excluding carboxylic acids is 1. The molecule has 9 heteroatoms. The molecule has 1 aliphatic heterocycles. The van der Waals surface area contributed by atoms with Gasteiger partial charge >= 0.3 is 0 Å². The molecule has 1 amide bonds. The Kier molecular flexibility index (Phi) is 4.87. The van der Waals surface area contributed by atoms with Crippen LogP contribution in [0.3, 0.4) is 0 Å².